The molecular formula is C19H24N2O2S. The molecule has 1 saturated heterocycles. The quantitative estimate of drug-likeness (QED) is 0.904. The van der Waals surface area contributed by atoms with Crippen molar-refractivity contribution in [1.29, 1.82) is 0 Å². The van der Waals surface area contributed by atoms with Crippen LogP contribution in [0.5, 0.6) is 0 Å². The van der Waals surface area contributed by atoms with E-state index in [9.17, 15) is 9.90 Å². The monoisotopic (exact) mass is 344 g/mol. The zero-order valence-electron chi connectivity index (χ0n) is 14.2. The minimum absolute atomic E-state index is 0.124. The standard InChI is InChI=1S/C19H24N2O2S/c1-13-5-7-15(8-6-13)19-20-16(12-24-19)11-18(23)21-9-3-4-17(21)10-14(2)22/h5-8,12,14,17,22H,3-4,9-11H2,1-2H3. The van der Waals surface area contributed by atoms with Gasteiger partial charge in [-0.3, -0.25) is 4.79 Å². The van der Waals surface area contributed by atoms with Crippen molar-refractivity contribution < 1.29 is 9.90 Å². The summed E-state index contributed by atoms with van der Waals surface area (Å²) in [6.07, 6.45) is 2.66. The Morgan fingerprint density at radius 1 is 1.42 bits per heavy atom. The smallest absolute Gasteiger partial charge is 0.228 e. The molecule has 1 aliphatic heterocycles. The molecule has 3 rings (SSSR count). The SMILES string of the molecule is Cc1ccc(-c2nc(CC(=O)N3CCCC3CC(C)O)cs2)cc1. The van der Waals surface area contributed by atoms with Gasteiger partial charge in [0, 0.05) is 23.5 Å². The lowest BCUT2D eigenvalue weighted by molar-refractivity contribution is -0.131. The van der Waals surface area contributed by atoms with E-state index < -0.39 is 0 Å². The highest BCUT2D eigenvalue weighted by Gasteiger charge is 2.29. The van der Waals surface area contributed by atoms with Crippen LogP contribution in [0.15, 0.2) is 29.6 Å². The summed E-state index contributed by atoms with van der Waals surface area (Å²) in [6.45, 7) is 4.65. The number of benzene rings is 1. The average molecular weight is 344 g/mol. The Morgan fingerprint density at radius 2 is 2.17 bits per heavy atom. The molecule has 5 heteroatoms. The van der Waals surface area contributed by atoms with Gasteiger partial charge >= 0.3 is 0 Å². The number of carbonyl (C=O) groups excluding carboxylic acids is 1. The Morgan fingerprint density at radius 3 is 2.88 bits per heavy atom. The van der Waals surface area contributed by atoms with Crippen LogP contribution in [0.1, 0.15) is 37.4 Å². The summed E-state index contributed by atoms with van der Waals surface area (Å²) in [5.41, 5.74) is 3.16. The average Bonchev–Trinajstić information content (AvgIpc) is 3.17. The van der Waals surface area contributed by atoms with Crippen molar-refractivity contribution in [2.75, 3.05) is 6.54 Å². The molecule has 0 radical (unpaired) electrons. The number of rotatable bonds is 5. The van der Waals surface area contributed by atoms with Crippen molar-refractivity contribution in [3.8, 4) is 10.6 Å². The van der Waals surface area contributed by atoms with Crippen LogP contribution in [-0.2, 0) is 11.2 Å². The molecule has 24 heavy (non-hydrogen) atoms. The molecule has 1 aliphatic rings. The van der Waals surface area contributed by atoms with Crippen LogP contribution in [0.3, 0.4) is 0 Å². The van der Waals surface area contributed by atoms with Crippen molar-refractivity contribution in [3.63, 3.8) is 0 Å². The van der Waals surface area contributed by atoms with Gasteiger partial charge in [0.15, 0.2) is 0 Å². The topological polar surface area (TPSA) is 53.4 Å². The maximum Gasteiger partial charge on any atom is 0.228 e. The lowest BCUT2D eigenvalue weighted by Crippen LogP contribution is -2.38. The third-order valence-electron chi connectivity index (χ3n) is 4.49. The van der Waals surface area contributed by atoms with E-state index in [1.54, 1.807) is 18.3 Å². The molecule has 2 atom stereocenters. The molecule has 0 bridgehead atoms. The Bertz CT molecular complexity index is 694. The lowest BCUT2D eigenvalue weighted by Gasteiger charge is -2.25. The Hall–Kier alpha value is -1.72. The van der Waals surface area contributed by atoms with Gasteiger partial charge < -0.3 is 10.0 Å². The van der Waals surface area contributed by atoms with E-state index in [0.29, 0.717) is 12.8 Å². The number of aryl methyl sites for hydroxylation is 1. The summed E-state index contributed by atoms with van der Waals surface area (Å²) < 4.78 is 0. The van der Waals surface area contributed by atoms with E-state index in [0.717, 1.165) is 35.7 Å². The second-order valence-corrected chi connectivity index (χ2v) is 7.51. The number of aliphatic hydroxyl groups excluding tert-OH is 1. The molecule has 0 aliphatic carbocycles. The van der Waals surface area contributed by atoms with E-state index >= 15 is 0 Å². The van der Waals surface area contributed by atoms with Crippen molar-refractivity contribution in [1.82, 2.24) is 9.88 Å². The molecule has 1 aromatic carbocycles. The first kappa shape index (κ1) is 17.1. The van der Waals surface area contributed by atoms with Crippen molar-refractivity contribution in [3.05, 3.63) is 40.9 Å². The van der Waals surface area contributed by atoms with Gasteiger partial charge in [-0.05, 0) is 33.1 Å². The molecule has 0 saturated carbocycles. The molecule has 2 unspecified atom stereocenters. The van der Waals surface area contributed by atoms with Gasteiger partial charge in [0.25, 0.3) is 0 Å². The molecule has 0 spiro atoms. The van der Waals surface area contributed by atoms with Crippen LogP contribution < -0.4 is 0 Å². The first-order chi connectivity index (χ1) is 11.5. The van der Waals surface area contributed by atoms with Crippen LogP contribution in [0.25, 0.3) is 10.6 Å². The van der Waals surface area contributed by atoms with Crippen molar-refractivity contribution in [2.24, 2.45) is 0 Å². The van der Waals surface area contributed by atoms with Gasteiger partial charge in [0.1, 0.15) is 5.01 Å². The Labute approximate surface area is 147 Å². The molecule has 4 nitrogen and oxygen atoms in total. The Kier molecular flexibility index (Phi) is 5.31. The first-order valence-electron chi connectivity index (χ1n) is 8.52. The third-order valence-corrected chi connectivity index (χ3v) is 5.43. The summed E-state index contributed by atoms with van der Waals surface area (Å²) in [7, 11) is 0. The predicted octanol–water partition coefficient (Wildman–Crippen LogP) is 3.42. The van der Waals surface area contributed by atoms with Crippen LogP contribution in [-0.4, -0.2) is 39.6 Å². The zero-order valence-corrected chi connectivity index (χ0v) is 15.1. The lowest BCUT2D eigenvalue weighted by atomic mass is 10.1. The van der Waals surface area contributed by atoms with Gasteiger partial charge in [0.05, 0.1) is 18.2 Å². The Balaban J connectivity index is 1.66. The number of amides is 1. The second-order valence-electron chi connectivity index (χ2n) is 6.65. The number of hydrogen-bond acceptors (Lipinski definition) is 4. The number of likely N-dealkylation sites (tertiary alicyclic amines) is 1. The van der Waals surface area contributed by atoms with Gasteiger partial charge in [-0.1, -0.05) is 29.8 Å². The van der Waals surface area contributed by atoms with Crippen LogP contribution in [0.4, 0.5) is 0 Å². The fourth-order valence-corrected chi connectivity index (χ4v) is 4.10. The molecule has 1 N–H and O–H groups in total. The first-order valence-corrected chi connectivity index (χ1v) is 9.40. The fourth-order valence-electron chi connectivity index (χ4n) is 3.28. The highest BCUT2D eigenvalue weighted by Crippen LogP contribution is 2.26. The minimum Gasteiger partial charge on any atom is -0.393 e. The number of hydrogen-bond donors (Lipinski definition) is 1. The minimum atomic E-state index is -0.365. The van der Waals surface area contributed by atoms with E-state index in [1.165, 1.54) is 5.56 Å². The predicted molar refractivity (Wildman–Crippen MR) is 97.0 cm³/mol. The molecule has 1 fully saturated rings. The summed E-state index contributed by atoms with van der Waals surface area (Å²) in [4.78, 5) is 19.2. The molecule has 1 amide bonds. The van der Waals surface area contributed by atoms with E-state index in [2.05, 4.69) is 36.2 Å². The number of aromatic nitrogens is 1. The summed E-state index contributed by atoms with van der Waals surface area (Å²) in [5.74, 6) is 0.124. The van der Waals surface area contributed by atoms with Gasteiger partial charge in [-0.25, -0.2) is 4.98 Å². The zero-order chi connectivity index (χ0) is 17.1. The van der Waals surface area contributed by atoms with E-state index in [1.807, 2.05) is 10.3 Å². The van der Waals surface area contributed by atoms with Crippen LogP contribution in [0.2, 0.25) is 0 Å². The number of thiazole rings is 1. The summed E-state index contributed by atoms with van der Waals surface area (Å²) in [6, 6.07) is 8.46. The molecule has 1 aromatic heterocycles. The van der Waals surface area contributed by atoms with Crippen LogP contribution in [0, 0.1) is 6.92 Å². The number of nitrogens with zero attached hydrogens (tertiary/aromatic N) is 2. The fraction of sp³-hybridized carbons (Fsp3) is 0.474. The molecule has 2 aromatic rings. The summed E-state index contributed by atoms with van der Waals surface area (Å²) >= 11 is 1.58. The number of carbonyl (C=O) groups is 1. The van der Waals surface area contributed by atoms with Crippen molar-refractivity contribution in [2.45, 2.75) is 51.7 Å². The molecular weight excluding hydrogens is 320 g/mol. The van der Waals surface area contributed by atoms with Gasteiger partial charge in [0.2, 0.25) is 5.91 Å². The van der Waals surface area contributed by atoms with E-state index in [-0.39, 0.29) is 18.1 Å². The largest absolute Gasteiger partial charge is 0.393 e. The number of aliphatic hydroxyl groups is 1. The highest BCUT2D eigenvalue weighted by molar-refractivity contribution is 7.13. The normalized spacial score (nSPS) is 18.8. The summed E-state index contributed by atoms with van der Waals surface area (Å²) in [5, 5.41) is 12.5. The van der Waals surface area contributed by atoms with Crippen molar-refractivity contribution >= 4 is 17.2 Å². The maximum absolute atomic E-state index is 12.6. The van der Waals surface area contributed by atoms with Crippen LogP contribution >= 0.6 is 11.3 Å². The maximum atomic E-state index is 12.6. The van der Waals surface area contributed by atoms with Gasteiger partial charge in [-0.2, -0.15) is 0 Å². The highest BCUT2D eigenvalue weighted by atomic mass is 32.1. The second kappa shape index (κ2) is 7.45. The van der Waals surface area contributed by atoms with Gasteiger partial charge in [-0.15, -0.1) is 11.3 Å². The molecule has 2 heterocycles. The van der Waals surface area contributed by atoms with E-state index in [4.69, 9.17) is 0 Å². The molecule has 128 valence electrons. The third kappa shape index (κ3) is 4.02.